The van der Waals surface area contributed by atoms with Crippen LogP contribution < -0.4 is 0 Å². The Morgan fingerprint density at radius 1 is 1.33 bits per heavy atom. The standard InChI is InChI=1S/C13H9O4S/c1-8(15)13(7-14,12(16)17)11-6-9-4-2-3-5-10(9)18-11/h2-6H,1H3,(H,16,17). The third-order valence-corrected chi connectivity index (χ3v) is 4.03. The van der Waals surface area contributed by atoms with Gasteiger partial charge in [-0.05, 0) is 24.4 Å². The van der Waals surface area contributed by atoms with Crippen LogP contribution in [0.2, 0.25) is 0 Å². The Labute approximate surface area is 107 Å². The molecule has 1 aromatic heterocycles. The molecule has 0 aliphatic heterocycles. The summed E-state index contributed by atoms with van der Waals surface area (Å²) in [6.45, 7) is 1.09. The molecule has 0 spiro atoms. The van der Waals surface area contributed by atoms with Crippen molar-refractivity contribution >= 4 is 39.5 Å². The molecule has 0 saturated heterocycles. The SMILES string of the molecule is CC(=O)C([C]=O)(C(=O)O)c1cc2ccccc2s1. The number of carboxylic acids is 1. The number of carbonyl (C=O) groups is 2. The summed E-state index contributed by atoms with van der Waals surface area (Å²) in [6, 6.07) is 8.78. The Bertz CT molecular complexity index is 594. The highest BCUT2D eigenvalue weighted by Gasteiger charge is 2.48. The van der Waals surface area contributed by atoms with E-state index in [1.54, 1.807) is 24.3 Å². The molecular weight excluding hydrogens is 252 g/mol. The number of thiophene rings is 1. The average Bonchev–Trinajstić information content (AvgIpc) is 2.73. The summed E-state index contributed by atoms with van der Waals surface area (Å²) in [7, 11) is 0. The largest absolute Gasteiger partial charge is 0.480 e. The number of hydrogen-bond acceptors (Lipinski definition) is 4. The molecule has 4 nitrogen and oxygen atoms in total. The quantitative estimate of drug-likeness (QED) is 0.853. The van der Waals surface area contributed by atoms with Gasteiger partial charge in [-0.15, -0.1) is 11.3 Å². The van der Waals surface area contributed by atoms with Crippen LogP contribution in [0, 0.1) is 0 Å². The second-order valence-corrected chi connectivity index (χ2v) is 4.95. The number of Topliss-reactive ketones (excluding diaryl/α,β-unsaturated/α-hetero) is 1. The summed E-state index contributed by atoms with van der Waals surface area (Å²) in [6.07, 6.45) is 1.40. The summed E-state index contributed by atoms with van der Waals surface area (Å²) in [5, 5.41) is 10.0. The molecule has 1 atom stereocenters. The first-order chi connectivity index (χ1) is 8.52. The minimum atomic E-state index is -2.20. The molecular formula is C13H9O4S. The molecule has 0 aliphatic rings. The van der Waals surface area contributed by atoms with E-state index in [1.807, 2.05) is 6.07 Å². The van der Waals surface area contributed by atoms with Crippen LogP contribution in [0.3, 0.4) is 0 Å². The van der Waals surface area contributed by atoms with Gasteiger partial charge in [0.1, 0.15) is 0 Å². The molecule has 18 heavy (non-hydrogen) atoms. The normalized spacial score (nSPS) is 14.1. The Morgan fingerprint density at radius 3 is 2.50 bits per heavy atom. The second-order valence-electron chi connectivity index (χ2n) is 3.86. The number of fused-ring (bicyclic) bond motifs is 1. The number of ketones is 1. The van der Waals surface area contributed by atoms with Crippen molar-refractivity contribution in [1.82, 2.24) is 0 Å². The fraction of sp³-hybridized carbons (Fsp3) is 0.154. The molecule has 0 saturated carbocycles. The lowest BCUT2D eigenvalue weighted by Crippen LogP contribution is -2.43. The van der Waals surface area contributed by atoms with Crippen molar-refractivity contribution in [2.75, 3.05) is 0 Å². The highest BCUT2D eigenvalue weighted by Crippen LogP contribution is 2.34. The third kappa shape index (κ3) is 1.64. The molecule has 2 rings (SSSR count). The maximum absolute atomic E-state index is 11.6. The molecule has 0 aliphatic carbocycles. The third-order valence-electron chi connectivity index (χ3n) is 2.80. The van der Waals surface area contributed by atoms with Crippen molar-refractivity contribution in [1.29, 1.82) is 0 Å². The predicted molar refractivity (Wildman–Crippen MR) is 67.5 cm³/mol. The highest BCUT2D eigenvalue weighted by molar-refractivity contribution is 7.19. The van der Waals surface area contributed by atoms with E-state index in [1.165, 1.54) is 6.29 Å². The molecule has 1 heterocycles. The van der Waals surface area contributed by atoms with Crippen LogP contribution in [-0.2, 0) is 19.8 Å². The minimum absolute atomic E-state index is 0.193. The number of benzene rings is 1. The van der Waals surface area contributed by atoms with E-state index in [9.17, 15) is 19.5 Å². The van der Waals surface area contributed by atoms with Gasteiger partial charge in [0.2, 0.25) is 11.7 Å². The van der Waals surface area contributed by atoms with Gasteiger partial charge in [-0.2, -0.15) is 0 Å². The van der Waals surface area contributed by atoms with E-state index in [0.717, 1.165) is 28.3 Å². The number of carboxylic acid groups (broad SMARTS) is 1. The van der Waals surface area contributed by atoms with E-state index in [2.05, 4.69) is 0 Å². The van der Waals surface area contributed by atoms with E-state index in [0.29, 0.717) is 0 Å². The monoisotopic (exact) mass is 261 g/mol. The Hall–Kier alpha value is -2.01. The minimum Gasteiger partial charge on any atom is -0.480 e. The van der Waals surface area contributed by atoms with Crippen LogP contribution in [0.4, 0.5) is 0 Å². The van der Waals surface area contributed by atoms with Crippen LogP contribution >= 0.6 is 11.3 Å². The zero-order chi connectivity index (χ0) is 13.3. The lowest BCUT2D eigenvalue weighted by atomic mass is 9.84. The van der Waals surface area contributed by atoms with Gasteiger partial charge in [-0.25, -0.2) is 0 Å². The van der Waals surface area contributed by atoms with E-state index in [4.69, 9.17) is 0 Å². The molecule has 1 radical (unpaired) electrons. The Morgan fingerprint density at radius 2 is 2.00 bits per heavy atom. The number of rotatable bonds is 4. The summed E-state index contributed by atoms with van der Waals surface area (Å²) in [5.74, 6) is -2.23. The van der Waals surface area contributed by atoms with Gasteiger partial charge in [0.15, 0.2) is 5.78 Å². The van der Waals surface area contributed by atoms with Crippen LogP contribution in [0.15, 0.2) is 30.3 Å². The van der Waals surface area contributed by atoms with Gasteiger partial charge in [-0.3, -0.25) is 14.4 Å². The first-order valence-corrected chi connectivity index (χ1v) is 5.97. The predicted octanol–water partition coefficient (Wildman–Crippen LogP) is 1.92. The molecule has 1 unspecified atom stereocenters. The summed E-state index contributed by atoms with van der Waals surface area (Å²) in [4.78, 5) is 34.1. The first-order valence-electron chi connectivity index (χ1n) is 5.15. The molecule has 1 N–H and O–H groups in total. The van der Waals surface area contributed by atoms with E-state index >= 15 is 0 Å². The maximum atomic E-state index is 11.6. The van der Waals surface area contributed by atoms with Crippen molar-refractivity contribution in [2.24, 2.45) is 0 Å². The number of aliphatic carboxylic acids is 1. The first kappa shape index (κ1) is 12.4. The van der Waals surface area contributed by atoms with Gasteiger partial charge in [0.05, 0.1) is 0 Å². The fourth-order valence-electron chi connectivity index (χ4n) is 1.76. The molecule has 2 aromatic rings. The Kier molecular flexibility index (Phi) is 3.00. The van der Waals surface area contributed by atoms with E-state index in [-0.39, 0.29) is 4.88 Å². The van der Waals surface area contributed by atoms with Gasteiger partial charge in [0.25, 0.3) is 0 Å². The van der Waals surface area contributed by atoms with Gasteiger partial charge in [-0.1, -0.05) is 18.2 Å². The van der Waals surface area contributed by atoms with Gasteiger partial charge in [0, 0.05) is 9.58 Å². The smallest absolute Gasteiger partial charge is 0.330 e. The molecule has 0 bridgehead atoms. The second kappa shape index (κ2) is 4.34. The fourth-order valence-corrected chi connectivity index (χ4v) is 3.00. The molecule has 0 fully saturated rings. The highest BCUT2D eigenvalue weighted by atomic mass is 32.1. The lowest BCUT2D eigenvalue weighted by molar-refractivity contribution is -0.144. The lowest BCUT2D eigenvalue weighted by Gasteiger charge is -2.16. The summed E-state index contributed by atoms with van der Waals surface area (Å²) >= 11 is 1.12. The zero-order valence-electron chi connectivity index (χ0n) is 9.47. The van der Waals surface area contributed by atoms with Crippen molar-refractivity contribution in [2.45, 2.75) is 12.3 Å². The van der Waals surface area contributed by atoms with Crippen LogP contribution in [0.1, 0.15) is 11.8 Å². The van der Waals surface area contributed by atoms with Crippen molar-refractivity contribution < 1.29 is 19.5 Å². The van der Waals surface area contributed by atoms with Crippen molar-refractivity contribution in [3.05, 3.63) is 35.2 Å². The van der Waals surface area contributed by atoms with Crippen LogP contribution in [-0.4, -0.2) is 23.1 Å². The molecule has 91 valence electrons. The zero-order valence-corrected chi connectivity index (χ0v) is 10.3. The number of hydrogen-bond donors (Lipinski definition) is 1. The topological polar surface area (TPSA) is 71.4 Å². The average molecular weight is 261 g/mol. The van der Waals surface area contributed by atoms with Gasteiger partial charge < -0.3 is 5.11 Å². The van der Waals surface area contributed by atoms with Gasteiger partial charge >= 0.3 is 5.97 Å². The summed E-state index contributed by atoms with van der Waals surface area (Å²) < 4.78 is 0.828. The molecule has 5 heteroatoms. The van der Waals surface area contributed by atoms with Crippen molar-refractivity contribution in [3.63, 3.8) is 0 Å². The van der Waals surface area contributed by atoms with Crippen LogP contribution in [0.5, 0.6) is 0 Å². The Balaban J connectivity index is 2.72. The van der Waals surface area contributed by atoms with Crippen LogP contribution in [0.25, 0.3) is 10.1 Å². The summed E-state index contributed by atoms with van der Waals surface area (Å²) in [5.41, 5.74) is -2.20. The molecule has 1 aromatic carbocycles. The van der Waals surface area contributed by atoms with E-state index < -0.39 is 17.2 Å². The molecule has 0 amide bonds. The number of carbonyl (C=O) groups excluding carboxylic acids is 2. The van der Waals surface area contributed by atoms with Crippen molar-refractivity contribution in [3.8, 4) is 0 Å². The maximum Gasteiger partial charge on any atom is 0.330 e.